The molecule has 0 fully saturated rings. The number of benzene rings is 1. The summed E-state index contributed by atoms with van der Waals surface area (Å²) in [5.41, 5.74) is 4.46. The van der Waals surface area contributed by atoms with E-state index in [-0.39, 0.29) is 5.28 Å². The van der Waals surface area contributed by atoms with Gasteiger partial charge in [-0.15, -0.1) is 0 Å². The van der Waals surface area contributed by atoms with E-state index in [1.54, 1.807) is 25.8 Å². The maximum Gasteiger partial charge on any atom is 0.222 e. The summed E-state index contributed by atoms with van der Waals surface area (Å²) in [6, 6.07) is 6.14. The minimum atomic E-state index is 0.261. The van der Waals surface area contributed by atoms with Gasteiger partial charge >= 0.3 is 0 Å². The summed E-state index contributed by atoms with van der Waals surface area (Å²) < 4.78 is 4.98. The van der Waals surface area contributed by atoms with Crippen molar-refractivity contribution in [2.45, 2.75) is 13.3 Å². The van der Waals surface area contributed by atoms with Crippen molar-refractivity contribution in [3.8, 4) is 11.1 Å². The lowest BCUT2D eigenvalue weighted by molar-refractivity contribution is 0.341. The first-order chi connectivity index (χ1) is 9.26. The monoisotopic (exact) mass is 274 g/mol. The van der Waals surface area contributed by atoms with Crippen molar-refractivity contribution in [1.29, 1.82) is 0 Å². The van der Waals surface area contributed by atoms with Gasteiger partial charge < -0.3 is 4.74 Å². The Labute approximate surface area is 117 Å². The van der Waals surface area contributed by atoms with Crippen LogP contribution in [0, 0.1) is 0 Å². The van der Waals surface area contributed by atoms with Crippen molar-refractivity contribution in [3.05, 3.63) is 53.3 Å². The number of nitrogens with zero attached hydrogens (tertiary/aromatic N) is 2. The van der Waals surface area contributed by atoms with Crippen molar-refractivity contribution >= 4 is 17.7 Å². The molecule has 2 rings (SSSR count). The molecule has 0 saturated heterocycles. The maximum atomic E-state index is 5.72. The van der Waals surface area contributed by atoms with Gasteiger partial charge in [0.25, 0.3) is 0 Å². The van der Waals surface area contributed by atoms with E-state index in [1.165, 1.54) is 5.56 Å². The largest absolute Gasteiger partial charge is 0.504 e. The second-order valence-electron chi connectivity index (χ2n) is 4.01. The van der Waals surface area contributed by atoms with Gasteiger partial charge in [0.15, 0.2) is 0 Å². The fraction of sp³-hybridized carbons (Fsp3) is 0.200. The van der Waals surface area contributed by atoms with Crippen LogP contribution in [0.15, 0.2) is 36.9 Å². The topological polar surface area (TPSA) is 35.0 Å². The SMILES string of the molecule is CCc1c(C=COC)cccc1-c1cnc(Cl)nc1. The van der Waals surface area contributed by atoms with Crippen molar-refractivity contribution in [3.63, 3.8) is 0 Å². The van der Waals surface area contributed by atoms with Crippen LogP contribution in [0.5, 0.6) is 0 Å². The molecule has 0 aliphatic carbocycles. The third-order valence-corrected chi connectivity index (χ3v) is 3.08. The molecule has 0 amide bonds. The predicted molar refractivity (Wildman–Crippen MR) is 77.9 cm³/mol. The predicted octanol–water partition coefficient (Wildman–Crippen LogP) is 3.98. The minimum absolute atomic E-state index is 0.261. The lowest BCUT2D eigenvalue weighted by Crippen LogP contribution is -1.93. The Kier molecular flexibility index (Phi) is 4.53. The molecule has 19 heavy (non-hydrogen) atoms. The summed E-state index contributed by atoms with van der Waals surface area (Å²) in [4.78, 5) is 8.07. The minimum Gasteiger partial charge on any atom is -0.504 e. The molecule has 0 N–H and O–H groups in total. The summed E-state index contributed by atoms with van der Waals surface area (Å²) >= 11 is 5.72. The molecule has 0 radical (unpaired) electrons. The first-order valence-corrected chi connectivity index (χ1v) is 6.43. The van der Waals surface area contributed by atoms with Crippen molar-refractivity contribution < 1.29 is 4.74 Å². The van der Waals surface area contributed by atoms with Gasteiger partial charge in [0, 0.05) is 18.0 Å². The molecule has 3 nitrogen and oxygen atoms in total. The fourth-order valence-corrected chi connectivity index (χ4v) is 2.12. The van der Waals surface area contributed by atoms with E-state index in [4.69, 9.17) is 16.3 Å². The van der Waals surface area contributed by atoms with E-state index in [9.17, 15) is 0 Å². The van der Waals surface area contributed by atoms with Gasteiger partial charge in [0.2, 0.25) is 5.28 Å². The summed E-state index contributed by atoms with van der Waals surface area (Å²) in [7, 11) is 1.64. The molecular formula is C15H15ClN2O. The molecule has 0 bridgehead atoms. The smallest absolute Gasteiger partial charge is 0.222 e. The quantitative estimate of drug-likeness (QED) is 0.625. The molecule has 0 unspecified atom stereocenters. The van der Waals surface area contributed by atoms with Gasteiger partial charge in [-0.05, 0) is 40.8 Å². The number of ether oxygens (including phenoxy) is 1. The fourth-order valence-electron chi connectivity index (χ4n) is 2.02. The normalized spacial score (nSPS) is 10.9. The van der Waals surface area contributed by atoms with Crippen LogP contribution in [0.25, 0.3) is 17.2 Å². The van der Waals surface area contributed by atoms with Gasteiger partial charge in [-0.1, -0.05) is 25.1 Å². The highest BCUT2D eigenvalue weighted by Gasteiger charge is 2.08. The van der Waals surface area contributed by atoms with Crippen molar-refractivity contribution in [2.75, 3.05) is 7.11 Å². The standard InChI is InChI=1S/C15H15ClN2O/c1-3-13-11(7-8-19-2)5-4-6-14(13)12-9-17-15(16)18-10-12/h4-10H,3H2,1-2H3. The molecule has 0 aliphatic rings. The average molecular weight is 275 g/mol. The first kappa shape index (κ1) is 13.6. The highest BCUT2D eigenvalue weighted by Crippen LogP contribution is 2.27. The molecule has 1 heterocycles. The molecule has 2 aromatic rings. The Hall–Kier alpha value is -1.87. The van der Waals surface area contributed by atoms with Gasteiger partial charge in [0.05, 0.1) is 13.4 Å². The summed E-state index contributed by atoms with van der Waals surface area (Å²) in [6.07, 6.45) is 8.04. The zero-order chi connectivity index (χ0) is 13.7. The van der Waals surface area contributed by atoms with Gasteiger partial charge in [-0.3, -0.25) is 0 Å². The summed E-state index contributed by atoms with van der Waals surface area (Å²) in [5, 5.41) is 0.261. The average Bonchev–Trinajstić information content (AvgIpc) is 2.45. The van der Waals surface area contributed by atoms with Gasteiger partial charge in [0.1, 0.15) is 0 Å². The van der Waals surface area contributed by atoms with Crippen LogP contribution in [0.2, 0.25) is 5.28 Å². The van der Waals surface area contributed by atoms with Crippen molar-refractivity contribution in [1.82, 2.24) is 9.97 Å². The highest BCUT2D eigenvalue weighted by atomic mass is 35.5. The summed E-state index contributed by atoms with van der Waals surface area (Å²) in [5.74, 6) is 0. The van der Waals surface area contributed by atoms with Gasteiger partial charge in [-0.25, -0.2) is 9.97 Å². The number of rotatable bonds is 4. The number of aromatic nitrogens is 2. The maximum absolute atomic E-state index is 5.72. The van der Waals surface area contributed by atoms with E-state index in [2.05, 4.69) is 29.0 Å². The van der Waals surface area contributed by atoms with Crippen LogP contribution in [0.4, 0.5) is 0 Å². The number of methoxy groups -OCH3 is 1. The van der Waals surface area contributed by atoms with Crippen LogP contribution >= 0.6 is 11.6 Å². The molecule has 4 heteroatoms. The van der Waals surface area contributed by atoms with Crippen LogP contribution in [-0.2, 0) is 11.2 Å². The number of halogens is 1. The van der Waals surface area contributed by atoms with E-state index in [0.29, 0.717) is 0 Å². The second-order valence-corrected chi connectivity index (χ2v) is 4.34. The van der Waals surface area contributed by atoms with Crippen molar-refractivity contribution in [2.24, 2.45) is 0 Å². The molecule has 98 valence electrons. The van der Waals surface area contributed by atoms with Crippen LogP contribution in [0.3, 0.4) is 0 Å². The van der Waals surface area contributed by atoms with Crippen LogP contribution in [0.1, 0.15) is 18.1 Å². The summed E-state index contributed by atoms with van der Waals surface area (Å²) in [6.45, 7) is 2.12. The van der Waals surface area contributed by atoms with Crippen LogP contribution in [-0.4, -0.2) is 17.1 Å². The Balaban J connectivity index is 2.51. The molecule has 0 atom stereocenters. The van der Waals surface area contributed by atoms with E-state index < -0.39 is 0 Å². The zero-order valence-corrected chi connectivity index (χ0v) is 11.7. The highest BCUT2D eigenvalue weighted by molar-refractivity contribution is 6.28. The van der Waals surface area contributed by atoms with Gasteiger partial charge in [-0.2, -0.15) is 0 Å². The lowest BCUT2D eigenvalue weighted by atomic mass is 9.95. The molecule has 0 spiro atoms. The first-order valence-electron chi connectivity index (χ1n) is 6.05. The van der Waals surface area contributed by atoms with E-state index in [1.807, 2.05) is 12.1 Å². The Morgan fingerprint density at radius 2 is 2.00 bits per heavy atom. The second kappa shape index (κ2) is 6.34. The third kappa shape index (κ3) is 3.12. The third-order valence-electron chi connectivity index (χ3n) is 2.88. The molecule has 0 aliphatic heterocycles. The van der Waals surface area contributed by atoms with Crippen LogP contribution < -0.4 is 0 Å². The lowest BCUT2D eigenvalue weighted by Gasteiger charge is -2.11. The molecule has 0 saturated carbocycles. The molecule has 1 aromatic heterocycles. The number of hydrogen-bond acceptors (Lipinski definition) is 3. The Morgan fingerprint density at radius 1 is 1.26 bits per heavy atom. The van der Waals surface area contributed by atoms with E-state index >= 15 is 0 Å². The number of hydrogen-bond donors (Lipinski definition) is 0. The molecule has 1 aromatic carbocycles. The zero-order valence-electron chi connectivity index (χ0n) is 10.9. The molecular weight excluding hydrogens is 260 g/mol. The Morgan fingerprint density at radius 3 is 2.63 bits per heavy atom. The van der Waals surface area contributed by atoms with E-state index in [0.717, 1.165) is 23.1 Å². The Bertz CT molecular complexity index is 579.